The van der Waals surface area contributed by atoms with E-state index in [1.165, 1.54) is 0 Å². The second-order valence-corrected chi connectivity index (χ2v) is 5.33. The number of carbonyl (C=O) groups excluding carboxylic acids is 2. The highest BCUT2D eigenvalue weighted by molar-refractivity contribution is 5.96. The average Bonchev–Trinajstić information content (AvgIpc) is 2.46. The van der Waals surface area contributed by atoms with Crippen molar-refractivity contribution in [3.63, 3.8) is 0 Å². The molecule has 3 N–H and O–H groups in total. The minimum Gasteiger partial charge on any atom is -0.465 e. The van der Waals surface area contributed by atoms with Crippen molar-refractivity contribution in [2.45, 2.75) is 12.2 Å². The Kier molecular flexibility index (Phi) is 5.14. The first-order valence-corrected chi connectivity index (χ1v) is 7.00. The van der Waals surface area contributed by atoms with Crippen LogP contribution < -0.4 is 10.6 Å². The lowest BCUT2D eigenvalue weighted by Gasteiger charge is -2.37. The van der Waals surface area contributed by atoms with Crippen LogP contribution in [-0.2, 0) is 11.0 Å². The first kappa shape index (κ1) is 18.5. The Morgan fingerprint density at radius 2 is 1.88 bits per heavy atom. The van der Waals surface area contributed by atoms with Crippen molar-refractivity contribution in [3.8, 4) is 0 Å². The van der Waals surface area contributed by atoms with Gasteiger partial charge in [0, 0.05) is 18.7 Å². The van der Waals surface area contributed by atoms with E-state index >= 15 is 0 Å². The topological polar surface area (TPSA) is 98.7 Å². The highest BCUT2D eigenvalue weighted by Gasteiger charge is 2.35. The van der Waals surface area contributed by atoms with Crippen molar-refractivity contribution in [1.29, 1.82) is 0 Å². The monoisotopic (exact) mass is 363 g/mol. The Bertz CT molecular complexity index is 702. The molecular weight excluding hydrogens is 350 g/mol. The van der Waals surface area contributed by atoms with E-state index in [1.807, 2.05) is 0 Å². The number of nitrogens with zero attached hydrogens (tertiary/aromatic N) is 1. The fourth-order valence-electron chi connectivity index (χ4n) is 2.15. The zero-order valence-corrected chi connectivity index (χ0v) is 12.6. The number of hydrogen-bond donors (Lipinski definition) is 3. The number of hydrogen-bond acceptors (Lipinski definition) is 3. The molecule has 0 saturated carbocycles. The minimum atomic E-state index is -4.95. The number of carbonyl (C=O) groups is 3. The summed E-state index contributed by atoms with van der Waals surface area (Å²) < 4.78 is 51.0. The summed E-state index contributed by atoms with van der Waals surface area (Å²) in [7, 11) is 0. The van der Waals surface area contributed by atoms with Crippen LogP contribution in [0, 0.1) is 5.82 Å². The van der Waals surface area contributed by atoms with Gasteiger partial charge in [-0.2, -0.15) is 13.2 Å². The van der Waals surface area contributed by atoms with Crippen LogP contribution in [0.15, 0.2) is 18.2 Å². The van der Waals surface area contributed by atoms with E-state index in [4.69, 9.17) is 5.11 Å². The largest absolute Gasteiger partial charge is 0.465 e. The van der Waals surface area contributed by atoms with E-state index in [1.54, 1.807) is 0 Å². The zero-order chi connectivity index (χ0) is 18.8. The standard InChI is InChI=1S/C14H13F4N3O4/c15-10-2-1-7(3-9(10)14(16,17)18)12(23)19-4-11(22)20-8-5-21(6-8)13(24)25/h1-3,8H,4-6H2,(H,19,23)(H,20,22)(H,24,25). The van der Waals surface area contributed by atoms with Gasteiger partial charge in [-0.25, -0.2) is 9.18 Å². The quantitative estimate of drug-likeness (QED) is 0.697. The SMILES string of the molecule is O=C(CNC(=O)c1ccc(F)c(C(F)(F)F)c1)NC1CN(C(=O)O)C1. The van der Waals surface area contributed by atoms with E-state index in [0.29, 0.717) is 12.1 Å². The molecule has 3 amide bonds. The summed E-state index contributed by atoms with van der Waals surface area (Å²) in [5.41, 5.74) is -2.02. The number of halogens is 4. The number of nitrogens with one attached hydrogen (secondary N) is 2. The summed E-state index contributed by atoms with van der Waals surface area (Å²) in [5, 5.41) is 13.2. The Morgan fingerprint density at radius 3 is 2.44 bits per heavy atom. The van der Waals surface area contributed by atoms with Crippen LogP contribution in [0.2, 0.25) is 0 Å². The van der Waals surface area contributed by atoms with Gasteiger partial charge in [-0.1, -0.05) is 0 Å². The number of rotatable bonds is 4. The van der Waals surface area contributed by atoms with Crippen LogP contribution in [0.3, 0.4) is 0 Å². The summed E-state index contributed by atoms with van der Waals surface area (Å²) >= 11 is 0. The van der Waals surface area contributed by atoms with Gasteiger partial charge in [0.2, 0.25) is 5.91 Å². The maximum atomic E-state index is 13.2. The van der Waals surface area contributed by atoms with Crippen molar-refractivity contribution >= 4 is 17.9 Å². The maximum absolute atomic E-state index is 13.2. The lowest BCUT2D eigenvalue weighted by Crippen LogP contribution is -2.61. The summed E-state index contributed by atoms with van der Waals surface area (Å²) in [4.78, 5) is 35.0. The second-order valence-electron chi connectivity index (χ2n) is 5.33. The third-order valence-electron chi connectivity index (χ3n) is 3.46. The predicted octanol–water partition coefficient (Wildman–Crippen LogP) is 1.05. The molecule has 0 bridgehead atoms. The lowest BCUT2D eigenvalue weighted by atomic mass is 10.1. The summed E-state index contributed by atoms with van der Waals surface area (Å²) in [6.07, 6.45) is -6.06. The van der Waals surface area contributed by atoms with Gasteiger partial charge in [0.15, 0.2) is 0 Å². The number of alkyl halides is 3. The van der Waals surface area contributed by atoms with Crippen LogP contribution in [0.25, 0.3) is 0 Å². The Balaban J connectivity index is 1.86. The molecule has 0 spiro atoms. The first-order valence-electron chi connectivity index (χ1n) is 7.00. The second kappa shape index (κ2) is 6.95. The van der Waals surface area contributed by atoms with Crippen molar-refractivity contribution in [2.24, 2.45) is 0 Å². The normalized spacial score (nSPS) is 14.6. The third-order valence-corrected chi connectivity index (χ3v) is 3.46. The molecule has 0 radical (unpaired) electrons. The molecule has 136 valence electrons. The molecule has 1 heterocycles. The summed E-state index contributed by atoms with van der Waals surface area (Å²) in [6.45, 7) is -0.287. The molecule has 0 aliphatic carbocycles. The predicted molar refractivity (Wildman–Crippen MR) is 75.3 cm³/mol. The zero-order valence-electron chi connectivity index (χ0n) is 12.6. The van der Waals surface area contributed by atoms with Gasteiger partial charge in [0.1, 0.15) is 5.82 Å². The summed E-state index contributed by atoms with van der Waals surface area (Å²) in [6, 6.07) is 1.36. The first-order chi connectivity index (χ1) is 11.6. The fraction of sp³-hybridized carbons (Fsp3) is 0.357. The van der Waals surface area contributed by atoms with Gasteiger partial charge in [-0.3, -0.25) is 9.59 Å². The molecule has 11 heteroatoms. The highest BCUT2D eigenvalue weighted by atomic mass is 19.4. The molecule has 1 aliphatic heterocycles. The Morgan fingerprint density at radius 1 is 1.24 bits per heavy atom. The molecule has 1 aliphatic rings. The fourth-order valence-corrected chi connectivity index (χ4v) is 2.15. The van der Waals surface area contributed by atoms with Gasteiger partial charge < -0.3 is 20.6 Å². The van der Waals surface area contributed by atoms with E-state index in [-0.39, 0.29) is 19.1 Å². The Labute approximate surface area is 138 Å². The van der Waals surface area contributed by atoms with Crippen molar-refractivity contribution in [2.75, 3.05) is 19.6 Å². The van der Waals surface area contributed by atoms with Gasteiger partial charge >= 0.3 is 12.3 Å². The molecule has 1 saturated heterocycles. The van der Waals surface area contributed by atoms with E-state index in [9.17, 15) is 31.9 Å². The summed E-state index contributed by atoms with van der Waals surface area (Å²) in [5.74, 6) is -3.10. The van der Waals surface area contributed by atoms with Crippen LogP contribution in [0.4, 0.5) is 22.4 Å². The van der Waals surface area contributed by atoms with Gasteiger partial charge in [0.05, 0.1) is 18.2 Å². The van der Waals surface area contributed by atoms with E-state index in [0.717, 1.165) is 11.0 Å². The van der Waals surface area contributed by atoms with E-state index in [2.05, 4.69) is 10.6 Å². The lowest BCUT2D eigenvalue weighted by molar-refractivity contribution is -0.140. The molecule has 0 aromatic heterocycles. The van der Waals surface area contributed by atoms with E-state index < -0.39 is 47.6 Å². The molecular formula is C14H13F4N3O4. The van der Waals surface area contributed by atoms with Crippen LogP contribution in [0.1, 0.15) is 15.9 Å². The number of likely N-dealkylation sites (tertiary alicyclic amines) is 1. The minimum absolute atomic E-state index is 0.113. The molecule has 0 unspecified atom stereocenters. The van der Waals surface area contributed by atoms with Crippen LogP contribution >= 0.6 is 0 Å². The molecule has 1 fully saturated rings. The van der Waals surface area contributed by atoms with Gasteiger partial charge in [-0.15, -0.1) is 0 Å². The smallest absolute Gasteiger partial charge is 0.419 e. The highest BCUT2D eigenvalue weighted by Crippen LogP contribution is 2.31. The maximum Gasteiger partial charge on any atom is 0.419 e. The number of carboxylic acid groups (broad SMARTS) is 1. The molecule has 7 nitrogen and oxygen atoms in total. The van der Waals surface area contributed by atoms with Crippen molar-refractivity contribution in [3.05, 3.63) is 35.1 Å². The average molecular weight is 363 g/mol. The number of amides is 3. The van der Waals surface area contributed by atoms with Crippen molar-refractivity contribution < 1.29 is 37.1 Å². The third kappa shape index (κ3) is 4.58. The molecule has 0 atom stereocenters. The van der Waals surface area contributed by atoms with Gasteiger partial charge in [0.25, 0.3) is 5.91 Å². The molecule has 1 aromatic rings. The van der Waals surface area contributed by atoms with Gasteiger partial charge in [-0.05, 0) is 18.2 Å². The number of benzene rings is 1. The van der Waals surface area contributed by atoms with Crippen molar-refractivity contribution in [1.82, 2.24) is 15.5 Å². The molecule has 1 aromatic carbocycles. The Hall–Kier alpha value is -2.85. The molecule has 25 heavy (non-hydrogen) atoms. The van der Waals surface area contributed by atoms with Crippen LogP contribution in [0.5, 0.6) is 0 Å². The van der Waals surface area contributed by atoms with Crippen LogP contribution in [-0.4, -0.2) is 53.6 Å². The molecule has 2 rings (SSSR count).